The van der Waals surface area contributed by atoms with Crippen molar-refractivity contribution in [3.63, 3.8) is 0 Å². The highest BCUT2D eigenvalue weighted by atomic mass is 16.5. The van der Waals surface area contributed by atoms with E-state index in [9.17, 15) is 0 Å². The van der Waals surface area contributed by atoms with Crippen molar-refractivity contribution in [1.82, 2.24) is 15.1 Å². The second-order valence-corrected chi connectivity index (χ2v) is 4.91. The molecule has 96 valence electrons. The molecule has 4 nitrogen and oxygen atoms in total. The molecule has 2 rings (SSSR count). The van der Waals surface area contributed by atoms with Gasteiger partial charge in [0.15, 0.2) is 0 Å². The molecule has 0 saturated carbocycles. The smallest absolute Gasteiger partial charge is 0.0811 e. The summed E-state index contributed by atoms with van der Waals surface area (Å²) in [5, 5.41) is 7.86. The summed E-state index contributed by atoms with van der Waals surface area (Å²) in [5.74, 6) is 0.610. The summed E-state index contributed by atoms with van der Waals surface area (Å²) >= 11 is 0. The van der Waals surface area contributed by atoms with Crippen LogP contribution in [0.3, 0.4) is 0 Å². The molecule has 2 heterocycles. The molecule has 1 fully saturated rings. The van der Waals surface area contributed by atoms with Crippen LogP contribution in [0.5, 0.6) is 0 Å². The van der Waals surface area contributed by atoms with Crippen LogP contribution >= 0.6 is 0 Å². The summed E-state index contributed by atoms with van der Waals surface area (Å²) in [6, 6.07) is 2.35. The van der Waals surface area contributed by atoms with E-state index in [1.54, 1.807) is 0 Å². The highest BCUT2D eigenvalue weighted by Crippen LogP contribution is 2.30. The Morgan fingerprint density at radius 2 is 2.47 bits per heavy atom. The topological polar surface area (TPSA) is 39.1 Å². The van der Waals surface area contributed by atoms with E-state index >= 15 is 0 Å². The first-order chi connectivity index (χ1) is 8.24. The summed E-state index contributed by atoms with van der Waals surface area (Å²) in [4.78, 5) is 0. The van der Waals surface area contributed by atoms with Crippen molar-refractivity contribution in [1.29, 1.82) is 0 Å². The van der Waals surface area contributed by atoms with E-state index in [0.717, 1.165) is 26.0 Å². The molecule has 3 unspecified atom stereocenters. The van der Waals surface area contributed by atoms with E-state index in [1.165, 1.54) is 5.69 Å². The predicted molar refractivity (Wildman–Crippen MR) is 67.8 cm³/mol. The third-order valence-electron chi connectivity index (χ3n) is 3.56. The summed E-state index contributed by atoms with van der Waals surface area (Å²) in [5.41, 5.74) is 1.22. The van der Waals surface area contributed by atoms with E-state index in [-0.39, 0.29) is 12.1 Å². The average molecular weight is 237 g/mol. The van der Waals surface area contributed by atoms with E-state index in [1.807, 2.05) is 17.9 Å². The molecule has 4 heteroatoms. The van der Waals surface area contributed by atoms with Gasteiger partial charge in [-0.25, -0.2) is 0 Å². The number of aryl methyl sites for hydroxylation is 1. The molecule has 0 spiro atoms. The number of aromatic nitrogens is 2. The molecule has 0 aliphatic carbocycles. The average Bonchev–Trinajstić information content (AvgIpc) is 2.90. The molecule has 3 atom stereocenters. The third-order valence-corrected chi connectivity index (χ3v) is 3.56. The summed E-state index contributed by atoms with van der Waals surface area (Å²) in [6.45, 7) is 6.36. The Bertz CT molecular complexity index is 350. The van der Waals surface area contributed by atoms with Gasteiger partial charge in [0, 0.05) is 19.9 Å². The van der Waals surface area contributed by atoms with Gasteiger partial charge >= 0.3 is 0 Å². The van der Waals surface area contributed by atoms with Gasteiger partial charge < -0.3 is 10.1 Å². The molecule has 17 heavy (non-hydrogen) atoms. The minimum Gasteiger partial charge on any atom is -0.376 e. The Labute approximate surface area is 103 Å². The zero-order valence-electron chi connectivity index (χ0n) is 11.0. The number of nitrogens with one attached hydrogen (secondary N) is 1. The largest absolute Gasteiger partial charge is 0.376 e. The fourth-order valence-corrected chi connectivity index (χ4v) is 2.52. The molecule has 1 aromatic heterocycles. The van der Waals surface area contributed by atoms with Gasteiger partial charge in [-0.2, -0.15) is 5.10 Å². The van der Waals surface area contributed by atoms with Crippen molar-refractivity contribution in [3.05, 3.63) is 18.0 Å². The van der Waals surface area contributed by atoms with Crippen LogP contribution < -0.4 is 5.32 Å². The predicted octanol–water partition coefficient (Wildman–Crippen LogP) is 1.89. The van der Waals surface area contributed by atoms with E-state index in [0.29, 0.717) is 5.92 Å². The lowest BCUT2D eigenvalue weighted by atomic mass is 9.95. The Hall–Kier alpha value is -0.870. The summed E-state index contributed by atoms with van der Waals surface area (Å²) in [7, 11) is 2.00. The van der Waals surface area contributed by atoms with Gasteiger partial charge in [-0.1, -0.05) is 13.8 Å². The Morgan fingerprint density at radius 3 is 3.00 bits per heavy atom. The Balaban J connectivity index is 2.15. The maximum Gasteiger partial charge on any atom is 0.0811 e. The minimum atomic E-state index is 0.264. The quantitative estimate of drug-likeness (QED) is 0.850. The van der Waals surface area contributed by atoms with Crippen LogP contribution in [0.2, 0.25) is 0 Å². The summed E-state index contributed by atoms with van der Waals surface area (Å²) < 4.78 is 7.85. The molecule has 0 aromatic carbocycles. The van der Waals surface area contributed by atoms with Gasteiger partial charge in [-0.3, -0.25) is 4.68 Å². The molecule has 1 N–H and O–H groups in total. The van der Waals surface area contributed by atoms with Crippen LogP contribution in [0, 0.1) is 5.92 Å². The molecular weight excluding hydrogens is 214 g/mol. The van der Waals surface area contributed by atoms with Gasteiger partial charge in [-0.15, -0.1) is 0 Å². The zero-order valence-corrected chi connectivity index (χ0v) is 11.0. The van der Waals surface area contributed by atoms with Gasteiger partial charge in [-0.05, 0) is 31.4 Å². The molecule has 0 bridgehead atoms. The Morgan fingerprint density at radius 1 is 1.65 bits per heavy atom. The van der Waals surface area contributed by atoms with Crippen molar-refractivity contribution in [2.45, 2.75) is 38.8 Å². The maximum absolute atomic E-state index is 5.90. The zero-order chi connectivity index (χ0) is 12.3. The first kappa shape index (κ1) is 12.6. The normalized spacial score (nSPS) is 26.3. The van der Waals surface area contributed by atoms with Crippen LogP contribution in [-0.4, -0.2) is 29.0 Å². The second kappa shape index (κ2) is 5.65. The van der Waals surface area contributed by atoms with Crippen LogP contribution in [0.1, 0.15) is 38.4 Å². The number of hydrogen-bond donors (Lipinski definition) is 1. The molecule has 1 saturated heterocycles. The van der Waals surface area contributed by atoms with Crippen molar-refractivity contribution in [2.75, 3.05) is 13.2 Å². The number of ether oxygens (including phenoxy) is 1. The van der Waals surface area contributed by atoms with Gasteiger partial charge in [0.05, 0.1) is 17.8 Å². The van der Waals surface area contributed by atoms with Crippen LogP contribution in [0.4, 0.5) is 0 Å². The number of rotatable bonds is 5. The monoisotopic (exact) mass is 237 g/mol. The highest BCUT2D eigenvalue weighted by molar-refractivity contribution is 5.10. The maximum atomic E-state index is 5.90. The lowest BCUT2D eigenvalue weighted by molar-refractivity contribution is 0.0582. The van der Waals surface area contributed by atoms with Crippen molar-refractivity contribution >= 4 is 0 Å². The molecule has 0 radical (unpaired) electrons. The molecule has 1 aliphatic heterocycles. The van der Waals surface area contributed by atoms with Crippen LogP contribution in [0.25, 0.3) is 0 Å². The van der Waals surface area contributed by atoms with Crippen molar-refractivity contribution in [2.24, 2.45) is 13.0 Å². The van der Waals surface area contributed by atoms with E-state index in [4.69, 9.17) is 4.74 Å². The molecule has 1 aromatic rings. The first-order valence-electron chi connectivity index (χ1n) is 6.57. The minimum absolute atomic E-state index is 0.264. The molecular formula is C13H23N3O. The fraction of sp³-hybridized carbons (Fsp3) is 0.769. The van der Waals surface area contributed by atoms with Crippen LogP contribution in [-0.2, 0) is 11.8 Å². The first-order valence-corrected chi connectivity index (χ1v) is 6.57. The van der Waals surface area contributed by atoms with Gasteiger partial charge in [0.25, 0.3) is 0 Å². The van der Waals surface area contributed by atoms with E-state index < -0.39 is 0 Å². The number of nitrogens with zero attached hydrogens (tertiary/aromatic N) is 2. The Kier molecular flexibility index (Phi) is 4.18. The molecule has 1 aliphatic rings. The number of hydrogen-bond acceptors (Lipinski definition) is 3. The van der Waals surface area contributed by atoms with Gasteiger partial charge in [0.1, 0.15) is 0 Å². The SMILES string of the molecule is CCCNC(c1ccnn1C)C1OCCC1C. The van der Waals surface area contributed by atoms with Crippen molar-refractivity contribution in [3.8, 4) is 0 Å². The fourth-order valence-electron chi connectivity index (χ4n) is 2.52. The standard InChI is InChI=1S/C13H23N3O/c1-4-7-14-12(11-5-8-15-16(11)3)13-10(2)6-9-17-13/h5,8,10,12-14H,4,6-7,9H2,1-3H3. The third kappa shape index (κ3) is 2.69. The molecule has 0 amide bonds. The highest BCUT2D eigenvalue weighted by Gasteiger charge is 2.33. The lowest BCUT2D eigenvalue weighted by Gasteiger charge is -2.27. The lowest BCUT2D eigenvalue weighted by Crippen LogP contribution is -2.36. The second-order valence-electron chi connectivity index (χ2n) is 4.91. The van der Waals surface area contributed by atoms with Crippen LogP contribution in [0.15, 0.2) is 12.3 Å². The van der Waals surface area contributed by atoms with E-state index in [2.05, 4.69) is 30.3 Å². The van der Waals surface area contributed by atoms with Gasteiger partial charge in [0.2, 0.25) is 0 Å². The van der Waals surface area contributed by atoms with Crippen molar-refractivity contribution < 1.29 is 4.74 Å². The summed E-state index contributed by atoms with van der Waals surface area (Å²) in [6.07, 6.45) is 4.43.